The van der Waals surface area contributed by atoms with Crippen LogP contribution in [0.15, 0.2) is 35.3 Å². The quantitative estimate of drug-likeness (QED) is 0.0170. The molecule has 79 heavy (non-hydrogen) atoms. The molecule has 1 aromatic rings. The van der Waals surface area contributed by atoms with E-state index in [-0.39, 0.29) is 44.6 Å². The molecule has 1 aromatic carbocycles. The number of amides is 8. The maximum absolute atomic E-state index is 14.1. The number of hydrogen-bond acceptors (Lipinski definition) is 16. The number of nitrogens with zero attached hydrogens (tertiary/aromatic N) is 1. The molecule has 0 saturated carbocycles. The maximum atomic E-state index is 14.1. The molecular formula is C49H78N12O18. The summed E-state index contributed by atoms with van der Waals surface area (Å²) in [5.74, 6) is -15.6. The van der Waals surface area contributed by atoms with E-state index in [9.17, 15) is 83.1 Å². The number of guanidine groups is 1. The van der Waals surface area contributed by atoms with E-state index in [1.807, 2.05) is 0 Å². The summed E-state index contributed by atoms with van der Waals surface area (Å²) in [5, 5.41) is 77.8. The maximum Gasteiger partial charge on any atom is 0.326 e. The van der Waals surface area contributed by atoms with Gasteiger partial charge in [0.15, 0.2) is 5.96 Å². The first-order valence-electron chi connectivity index (χ1n) is 25.4. The number of aliphatic hydroxyl groups is 2. The summed E-state index contributed by atoms with van der Waals surface area (Å²) in [6.07, 6.45) is -7.24. The zero-order valence-corrected chi connectivity index (χ0v) is 44.9. The molecular weight excluding hydrogens is 1040 g/mol. The summed E-state index contributed by atoms with van der Waals surface area (Å²) in [7, 11) is 0. The van der Waals surface area contributed by atoms with Crippen LogP contribution in [0, 0.1) is 11.8 Å². The Balaban J connectivity index is 3.52. The number of benzene rings is 1. The molecule has 0 aromatic heterocycles. The Kier molecular flexibility index (Phi) is 30.3. The number of carbonyl (C=O) groups excluding carboxylic acids is 8. The van der Waals surface area contributed by atoms with E-state index in [0.717, 1.165) is 13.8 Å². The molecule has 30 heteroatoms. The highest BCUT2D eigenvalue weighted by Gasteiger charge is 2.37. The second kappa shape index (κ2) is 34.7. The van der Waals surface area contributed by atoms with Crippen molar-refractivity contribution >= 4 is 77.1 Å². The van der Waals surface area contributed by atoms with E-state index in [0.29, 0.717) is 5.56 Å². The van der Waals surface area contributed by atoms with Crippen molar-refractivity contribution in [2.75, 3.05) is 6.54 Å². The topological polar surface area (TPSA) is 513 Å². The van der Waals surface area contributed by atoms with Gasteiger partial charge in [-0.25, -0.2) is 4.79 Å². The van der Waals surface area contributed by atoms with Crippen LogP contribution in [0.3, 0.4) is 0 Å². The molecule has 20 N–H and O–H groups in total. The number of carbonyl (C=O) groups is 12. The number of rotatable bonds is 37. The summed E-state index contributed by atoms with van der Waals surface area (Å²) >= 11 is 0. The van der Waals surface area contributed by atoms with Gasteiger partial charge in [-0.3, -0.25) is 57.7 Å². The lowest BCUT2D eigenvalue weighted by Gasteiger charge is -2.30. The van der Waals surface area contributed by atoms with Crippen molar-refractivity contribution in [3.63, 3.8) is 0 Å². The Morgan fingerprint density at radius 3 is 1.29 bits per heavy atom. The van der Waals surface area contributed by atoms with Crippen LogP contribution in [0.4, 0.5) is 0 Å². The largest absolute Gasteiger partial charge is 0.481 e. The van der Waals surface area contributed by atoms with Crippen molar-refractivity contribution in [1.29, 1.82) is 0 Å². The highest BCUT2D eigenvalue weighted by molar-refractivity contribution is 5.98. The van der Waals surface area contributed by atoms with Crippen LogP contribution in [0.1, 0.15) is 105 Å². The van der Waals surface area contributed by atoms with Crippen LogP contribution in [0.25, 0.3) is 0 Å². The van der Waals surface area contributed by atoms with E-state index in [1.54, 1.807) is 44.2 Å². The molecule has 0 saturated heterocycles. The van der Waals surface area contributed by atoms with Crippen molar-refractivity contribution in [2.24, 2.45) is 34.0 Å². The highest BCUT2D eigenvalue weighted by atomic mass is 16.4. The molecule has 0 spiro atoms. The Hall–Kier alpha value is -7.99. The number of aliphatic imine (C=N–C) groups is 1. The number of carboxylic acid groups (broad SMARTS) is 4. The number of aliphatic carboxylic acids is 4. The minimum atomic E-state index is -1.89. The molecule has 1 rings (SSSR count). The zero-order valence-electron chi connectivity index (χ0n) is 44.9. The number of hydrogen-bond donors (Lipinski definition) is 17. The molecule has 30 nitrogen and oxygen atoms in total. The molecule has 0 heterocycles. The molecule has 0 aliphatic heterocycles. The molecule has 0 radical (unpaired) electrons. The molecule has 8 amide bonds. The van der Waals surface area contributed by atoms with Crippen LogP contribution in [0.2, 0.25) is 0 Å². The van der Waals surface area contributed by atoms with E-state index in [2.05, 4.69) is 47.5 Å². The minimum absolute atomic E-state index is 0.00990. The first-order chi connectivity index (χ1) is 36.8. The van der Waals surface area contributed by atoms with Gasteiger partial charge in [0.05, 0.1) is 18.2 Å². The van der Waals surface area contributed by atoms with Crippen LogP contribution >= 0.6 is 0 Å². The van der Waals surface area contributed by atoms with Gasteiger partial charge in [0.2, 0.25) is 47.3 Å². The Morgan fingerprint density at radius 1 is 0.481 bits per heavy atom. The monoisotopic (exact) mass is 1120 g/mol. The van der Waals surface area contributed by atoms with Gasteiger partial charge in [-0.15, -0.1) is 0 Å². The van der Waals surface area contributed by atoms with Gasteiger partial charge >= 0.3 is 23.9 Å². The molecule has 0 unspecified atom stereocenters. The molecule has 0 aliphatic rings. The van der Waals surface area contributed by atoms with Gasteiger partial charge in [0, 0.05) is 32.2 Å². The predicted molar refractivity (Wildman–Crippen MR) is 279 cm³/mol. The predicted octanol–water partition coefficient (Wildman–Crippen LogP) is -4.37. The lowest BCUT2D eigenvalue weighted by Crippen LogP contribution is -2.62. The third-order valence-corrected chi connectivity index (χ3v) is 11.8. The fourth-order valence-electron chi connectivity index (χ4n) is 7.45. The van der Waals surface area contributed by atoms with Crippen LogP contribution in [-0.2, 0) is 64.0 Å². The van der Waals surface area contributed by atoms with Crippen molar-refractivity contribution in [3.05, 3.63) is 35.9 Å². The number of aliphatic hydroxyl groups excluding tert-OH is 2. The third kappa shape index (κ3) is 26.8. The lowest BCUT2D eigenvalue weighted by molar-refractivity contribution is -0.143. The standard InChI is InChI=1S/C49H78N12O18/c1-23(2)21-32(44(74)61-38(25(5)62)46(76)56-31(16-19-36(68)69)43(73)58-33(48(78)79)22-27-11-8-7-9-12-27)57-42(72)30(15-18-35(66)67)54-41(71)29(13-10-20-53-49(51)52)55-45(75)37(24(3)4)59-47(77)39(26(6)63)60-40(70)28(50)14-17-34(64)65/h7-9,11-12,23-26,28-33,37-39,62-63H,10,13-22,50H2,1-6H3,(H,54,71)(H,55,75)(H,56,76)(H,57,72)(H,58,73)(H,59,77)(H,60,70)(H,61,74)(H,64,65)(H,66,67)(H,68,69)(H,78,79)(H4,51,52,53)/t25-,26-,28+,29+,30+,31+,32+,33+,37+,38+,39+/m1/s1. The number of nitrogens with two attached hydrogens (primary N) is 3. The second-order valence-corrected chi connectivity index (χ2v) is 19.5. The van der Waals surface area contributed by atoms with E-state index < -0.39 is 182 Å². The molecule has 11 atom stereocenters. The Labute approximate surface area is 455 Å². The van der Waals surface area contributed by atoms with E-state index in [4.69, 9.17) is 22.3 Å². The van der Waals surface area contributed by atoms with Crippen molar-refractivity contribution in [1.82, 2.24) is 42.5 Å². The smallest absolute Gasteiger partial charge is 0.326 e. The number of nitrogens with one attached hydrogen (secondary N) is 8. The van der Waals surface area contributed by atoms with Crippen LogP contribution in [0.5, 0.6) is 0 Å². The normalized spacial score (nSPS) is 15.3. The fourth-order valence-corrected chi connectivity index (χ4v) is 7.45. The summed E-state index contributed by atoms with van der Waals surface area (Å²) < 4.78 is 0. The van der Waals surface area contributed by atoms with E-state index >= 15 is 0 Å². The molecule has 0 bridgehead atoms. The zero-order chi connectivity index (χ0) is 60.3. The van der Waals surface area contributed by atoms with Gasteiger partial charge in [-0.05, 0) is 69.8 Å². The lowest BCUT2D eigenvalue weighted by atomic mass is 10.00. The molecule has 0 fully saturated rings. The summed E-state index contributed by atoms with van der Waals surface area (Å²) in [4.78, 5) is 160. The van der Waals surface area contributed by atoms with Crippen molar-refractivity contribution < 1.29 is 88.2 Å². The van der Waals surface area contributed by atoms with Gasteiger partial charge in [-0.1, -0.05) is 58.0 Å². The van der Waals surface area contributed by atoms with Gasteiger partial charge in [-0.2, -0.15) is 0 Å². The highest BCUT2D eigenvalue weighted by Crippen LogP contribution is 2.13. The fraction of sp³-hybridized carbons (Fsp3) is 0.612. The average Bonchev–Trinajstić information content (AvgIpc) is 3.35. The molecule has 0 aliphatic carbocycles. The summed E-state index contributed by atoms with van der Waals surface area (Å²) in [6, 6.07) is -6.40. The Bertz CT molecular complexity index is 2300. The first kappa shape index (κ1) is 69.0. The van der Waals surface area contributed by atoms with Gasteiger partial charge < -0.3 is 90.4 Å². The number of carboxylic acids is 4. The Morgan fingerprint density at radius 2 is 0.861 bits per heavy atom. The molecule has 442 valence electrons. The van der Waals surface area contributed by atoms with E-state index in [1.165, 1.54) is 13.8 Å². The second-order valence-electron chi connectivity index (χ2n) is 19.5. The van der Waals surface area contributed by atoms with Gasteiger partial charge in [0.1, 0.15) is 48.3 Å². The third-order valence-electron chi connectivity index (χ3n) is 11.8. The van der Waals surface area contributed by atoms with Crippen molar-refractivity contribution in [3.8, 4) is 0 Å². The van der Waals surface area contributed by atoms with Crippen molar-refractivity contribution in [2.45, 2.75) is 172 Å². The summed E-state index contributed by atoms with van der Waals surface area (Å²) in [6.45, 7) is 8.47. The average molecular weight is 1120 g/mol. The minimum Gasteiger partial charge on any atom is -0.481 e. The summed E-state index contributed by atoms with van der Waals surface area (Å²) in [5.41, 5.74) is 17.2. The van der Waals surface area contributed by atoms with Crippen LogP contribution in [-0.4, -0.2) is 181 Å². The SMILES string of the molecule is CC(C)C[C@H](NC(=O)[C@H](CCC(=O)O)NC(=O)[C@H](CCCN=C(N)N)NC(=O)[C@@H](NC(=O)[C@@H](NC(=O)[C@@H](N)CCC(=O)O)[C@@H](C)O)C(C)C)C(=O)N[C@H](C(=O)N[C@@H](CCC(=O)O)C(=O)N[C@@H](Cc1ccccc1)C(=O)O)[C@@H](C)O. The van der Waals surface area contributed by atoms with Crippen LogP contribution < -0.4 is 59.7 Å². The first-order valence-corrected chi connectivity index (χ1v) is 25.4. The van der Waals surface area contributed by atoms with Gasteiger partial charge in [0.25, 0.3) is 0 Å².